The van der Waals surface area contributed by atoms with Crippen LogP contribution in [-0.4, -0.2) is 61.7 Å². The van der Waals surface area contributed by atoms with Crippen molar-refractivity contribution in [2.45, 2.75) is 83.2 Å². The second kappa shape index (κ2) is 16.0. The molecular formula is C39H43F6NO5. The molecule has 0 N–H and O–H groups in total. The third-order valence-corrected chi connectivity index (χ3v) is 9.66. The second-order valence-electron chi connectivity index (χ2n) is 12.7. The second-order valence-corrected chi connectivity index (χ2v) is 12.7. The first-order valence-electron chi connectivity index (χ1n) is 16.8. The molecule has 1 heterocycles. The molecular weight excluding hydrogens is 676 g/mol. The SMILES string of the molecule is CCC(CC)(c1ccc(C=CC(OCOC)(C(F)(F)F)C(F)(F)F)c(C)c1)c1ccc(OCCCCCN2C(=O)c3ccccc3C2=O)c(C)c1. The number of amides is 2. The van der Waals surface area contributed by atoms with Crippen molar-refractivity contribution in [2.24, 2.45) is 0 Å². The average Bonchev–Trinajstić information content (AvgIpc) is 3.32. The Hall–Kier alpha value is -4.16. The highest BCUT2D eigenvalue weighted by Gasteiger charge is 2.71. The van der Waals surface area contributed by atoms with Crippen molar-refractivity contribution in [3.05, 3.63) is 106 Å². The predicted molar refractivity (Wildman–Crippen MR) is 182 cm³/mol. The van der Waals surface area contributed by atoms with Gasteiger partial charge < -0.3 is 14.2 Å². The molecule has 12 heteroatoms. The smallest absolute Gasteiger partial charge is 0.430 e. The summed E-state index contributed by atoms with van der Waals surface area (Å²) in [7, 11) is 0.939. The Morgan fingerprint density at radius 2 is 1.31 bits per heavy atom. The highest BCUT2D eigenvalue weighted by molar-refractivity contribution is 6.21. The van der Waals surface area contributed by atoms with Crippen LogP contribution >= 0.6 is 0 Å². The summed E-state index contributed by atoms with van der Waals surface area (Å²) in [6.45, 7) is 7.23. The monoisotopic (exact) mass is 719 g/mol. The number of halogens is 6. The molecule has 276 valence electrons. The number of ether oxygens (including phenoxy) is 3. The van der Waals surface area contributed by atoms with Crippen molar-refractivity contribution in [2.75, 3.05) is 27.1 Å². The topological polar surface area (TPSA) is 65.1 Å². The van der Waals surface area contributed by atoms with E-state index in [0.29, 0.717) is 54.9 Å². The van der Waals surface area contributed by atoms with Gasteiger partial charge in [0.1, 0.15) is 12.5 Å². The maximum atomic E-state index is 13.8. The molecule has 51 heavy (non-hydrogen) atoms. The number of carbonyl (C=O) groups excluding carboxylic acids is 2. The zero-order valence-electron chi connectivity index (χ0n) is 29.3. The number of carbonyl (C=O) groups is 2. The number of hydrogen-bond donors (Lipinski definition) is 0. The predicted octanol–water partition coefficient (Wildman–Crippen LogP) is 9.75. The highest BCUT2D eigenvalue weighted by atomic mass is 19.4. The Morgan fingerprint density at radius 1 is 0.745 bits per heavy atom. The third kappa shape index (κ3) is 8.02. The van der Waals surface area contributed by atoms with Crippen molar-refractivity contribution in [1.82, 2.24) is 4.90 Å². The molecule has 3 aromatic rings. The van der Waals surface area contributed by atoms with Gasteiger partial charge in [-0.1, -0.05) is 62.4 Å². The summed E-state index contributed by atoms with van der Waals surface area (Å²) < 4.78 is 97.6. The van der Waals surface area contributed by atoms with Gasteiger partial charge in [0.05, 0.1) is 17.7 Å². The summed E-state index contributed by atoms with van der Waals surface area (Å²) in [6, 6.07) is 17.8. The molecule has 3 aromatic carbocycles. The first-order valence-corrected chi connectivity index (χ1v) is 16.8. The van der Waals surface area contributed by atoms with Gasteiger partial charge in [-0.2, -0.15) is 26.3 Å². The van der Waals surface area contributed by atoms with E-state index in [1.54, 1.807) is 43.3 Å². The van der Waals surface area contributed by atoms with Crippen LogP contribution in [0.3, 0.4) is 0 Å². The fraction of sp³-hybridized carbons (Fsp3) is 0.436. The summed E-state index contributed by atoms with van der Waals surface area (Å²) in [5.74, 6) is 0.190. The number of nitrogens with zero attached hydrogens (tertiary/aromatic N) is 1. The number of imide groups is 1. The van der Waals surface area contributed by atoms with Crippen LogP contribution in [-0.2, 0) is 14.9 Å². The number of fused-ring (bicyclic) bond motifs is 1. The van der Waals surface area contributed by atoms with Crippen molar-refractivity contribution < 1.29 is 50.1 Å². The van der Waals surface area contributed by atoms with Crippen molar-refractivity contribution >= 4 is 17.9 Å². The molecule has 0 radical (unpaired) electrons. The molecule has 6 nitrogen and oxygen atoms in total. The van der Waals surface area contributed by atoms with E-state index in [2.05, 4.69) is 9.47 Å². The molecule has 4 rings (SSSR count). The number of unbranched alkanes of at least 4 members (excludes halogenated alkanes) is 2. The van der Waals surface area contributed by atoms with Crippen molar-refractivity contribution in [3.63, 3.8) is 0 Å². The lowest BCUT2D eigenvalue weighted by atomic mass is 9.70. The highest BCUT2D eigenvalue weighted by Crippen LogP contribution is 2.47. The molecule has 0 spiro atoms. The first kappa shape index (κ1) is 39.6. The van der Waals surface area contributed by atoms with Gasteiger partial charge >= 0.3 is 12.4 Å². The van der Waals surface area contributed by atoms with E-state index in [1.165, 1.54) is 11.0 Å². The van der Waals surface area contributed by atoms with Crippen LogP contribution in [0.15, 0.2) is 66.7 Å². The van der Waals surface area contributed by atoms with E-state index in [9.17, 15) is 35.9 Å². The molecule has 1 aliphatic rings. The Kier molecular flexibility index (Phi) is 12.4. The fourth-order valence-corrected chi connectivity index (χ4v) is 6.60. The number of aryl methyl sites for hydroxylation is 2. The normalized spacial score (nSPS) is 14.1. The summed E-state index contributed by atoms with van der Waals surface area (Å²) in [5, 5.41) is 0. The van der Waals surface area contributed by atoms with Crippen LogP contribution < -0.4 is 4.74 Å². The molecule has 0 saturated heterocycles. The third-order valence-electron chi connectivity index (χ3n) is 9.66. The van der Waals surface area contributed by atoms with E-state index in [-0.39, 0.29) is 23.5 Å². The zero-order chi connectivity index (χ0) is 37.6. The molecule has 0 saturated carbocycles. The first-order chi connectivity index (χ1) is 24.1. The number of rotatable bonds is 16. The Labute approximate surface area is 294 Å². The lowest BCUT2D eigenvalue weighted by molar-refractivity contribution is -0.372. The van der Waals surface area contributed by atoms with Gasteiger partial charge in [-0.25, -0.2) is 0 Å². The van der Waals surface area contributed by atoms with Crippen molar-refractivity contribution in [3.8, 4) is 5.75 Å². The van der Waals surface area contributed by atoms with E-state index < -0.39 is 30.2 Å². The molecule has 0 aromatic heterocycles. The number of methoxy groups -OCH3 is 1. The maximum absolute atomic E-state index is 13.8. The van der Waals surface area contributed by atoms with Gasteiger partial charge in [0.2, 0.25) is 0 Å². The standard InChI is InChI=1S/C39H43F6NO5/c1-6-36(7-2,29-16-15-28(26(3)23-29)19-20-37(38(40,41)42,39(43,44)45)51-25-49-5)30-17-18-33(27(4)24-30)50-22-12-8-11-21-46-34(47)31-13-9-10-14-32(31)35(46)48/h9-10,13-20,23-24H,6-8,11-12,21-22,25H2,1-5H3. The Balaban J connectivity index is 1.43. The Bertz CT molecular complexity index is 1680. The lowest BCUT2D eigenvalue weighted by Gasteiger charge is -2.35. The molecule has 0 bridgehead atoms. The van der Waals surface area contributed by atoms with Crippen LogP contribution in [0.2, 0.25) is 0 Å². The number of hydrogen-bond acceptors (Lipinski definition) is 5. The largest absolute Gasteiger partial charge is 0.493 e. The zero-order valence-corrected chi connectivity index (χ0v) is 29.3. The van der Waals surface area contributed by atoms with Gasteiger partial charge in [0.25, 0.3) is 17.4 Å². The summed E-state index contributed by atoms with van der Waals surface area (Å²) in [4.78, 5) is 26.4. The van der Waals surface area contributed by atoms with Gasteiger partial charge in [0.15, 0.2) is 0 Å². The number of benzene rings is 3. The molecule has 0 fully saturated rings. The van der Waals surface area contributed by atoms with Crippen LogP contribution in [0, 0.1) is 13.8 Å². The van der Waals surface area contributed by atoms with Crippen LogP contribution in [0.5, 0.6) is 5.75 Å². The van der Waals surface area contributed by atoms with Crippen LogP contribution in [0.25, 0.3) is 6.08 Å². The summed E-state index contributed by atoms with van der Waals surface area (Å²) in [6.07, 6.45) is -7.28. The van der Waals surface area contributed by atoms with E-state index in [1.807, 2.05) is 39.0 Å². The van der Waals surface area contributed by atoms with Crippen LogP contribution in [0.4, 0.5) is 26.3 Å². The molecule has 0 atom stereocenters. The molecule has 0 aliphatic carbocycles. The molecule has 1 aliphatic heterocycles. The minimum Gasteiger partial charge on any atom is -0.493 e. The van der Waals surface area contributed by atoms with Crippen molar-refractivity contribution in [1.29, 1.82) is 0 Å². The van der Waals surface area contributed by atoms with Crippen LogP contribution in [0.1, 0.15) is 94.5 Å². The van der Waals surface area contributed by atoms with Gasteiger partial charge in [-0.05, 0) is 98.0 Å². The molecule has 2 amide bonds. The van der Waals surface area contributed by atoms with E-state index in [0.717, 1.165) is 42.7 Å². The number of alkyl halides is 6. The summed E-state index contributed by atoms with van der Waals surface area (Å²) >= 11 is 0. The molecule has 0 unspecified atom stereocenters. The van der Waals surface area contributed by atoms with E-state index >= 15 is 0 Å². The summed E-state index contributed by atoms with van der Waals surface area (Å²) in [5.41, 5.74) is -0.674. The van der Waals surface area contributed by atoms with Gasteiger partial charge in [0, 0.05) is 19.1 Å². The minimum absolute atomic E-state index is 0.00238. The quantitative estimate of drug-likeness (QED) is 0.0639. The van der Waals surface area contributed by atoms with E-state index in [4.69, 9.17) is 4.74 Å². The average molecular weight is 720 g/mol. The van der Waals surface area contributed by atoms with Gasteiger partial charge in [-0.3, -0.25) is 14.5 Å². The lowest BCUT2D eigenvalue weighted by Crippen LogP contribution is -2.57. The minimum atomic E-state index is -5.79. The maximum Gasteiger partial charge on any atom is 0.430 e. The fourth-order valence-electron chi connectivity index (χ4n) is 6.60. The van der Waals surface area contributed by atoms with Gasteiger partial charge in [-0.15, -0.1) is 0 Å². The Morgan fingerprint density at radius 3 is 1.82 bits per heavy atom.